The van der Waals surface area contributed by atoms with Gasteiger partial charge in [0.1, 0.15) is 35.2 Å². The maximum Gasteiger partial charge on any atom is 0.319 e. The molecule has 2 aromatic heterocycles. The fraction of sp³-hybridized carbons (Fsp3) is 0.424. The number of pyridine rings is 1. The first-order valence-corrected chi connectivity index (χ1v) is 15.1. The van der Waals surface area contributed by atoms with Gasteiger partial charge in [-0.25, -0.2) is 8.78 Å². The molecule has 43 heavy (non-hydrogen) atoms. The Labute approximate surface area is 248 Å². The van der Waals surface area contributed by atoms with Crippen LogP contribution in [0, 0.1) is 24.0 Å². The number of rotatable bonds is 5. The van der Waals surface area contributed by atoms with Crippen molar-refractivity contribution >= 4 is 27.5 Å². The molecule has 220 valence electrons. The maximum absolute atomic E-state index is 16.7. The number of terminal acetylenes is 1. The summed E-state index contributed by atoms with van der Waals surface area (Å²) in [5.41, 5.74) is 0.142. The van der Waals surface area contributed by atoms with E-state index in [9.17, 15) is 9.50 Å². The average Bonchev–Trinajstić information content (AvgIpc) is 3.61. The van der Waals surface area contributed by atoms with Gasteiger partial charge in [0.05, 0.1) is 16.5 Å². The molecule has 8 nitrogen and oxygen atoms in total. The van der Waals surface area contributed by atoms with Crippen LogP contribution in [-0.4, -0.2) is 75.4 Å². The number of hydrogen-bond acceptors (Lipinski definition) is 8. The minimum atomic E-state index is -0.702. The quantitative estimate of drug-likeness (QED) is 0.326. The second-order valence-electron chi connectivity index (χ2n) is 12.4. The molecular formula is C33H32F2N6O2. The summed E-state index contributed by atoms with van der Waals surface area (Å²) in [4.78, 5) is 18.8. The van der Waals surface area contributed by atoms with Crippen LogP contribution in [0.3, 0.4) is 0 Å². The Morgan fingerprint density at radius 2 is 1.98 bits per heavy atom. The summed E-state index contributed by atoms with van der Waals surface area (Å²) in [5.74, 6) is 1.58. The molecule has 0 spiro atoms. The summed E-state index contributed by atoms with van der Waals surface area (Å²) in [6.45, 7) is 4.16. The van der Waals surface area contributed by atoms with Crippen LogP contribution >= 0.6 is 0 Å². The number of aromatic nitrogens is 3. The second kappa shape index (κ2) is 10.00. The molecule has 0 radical (unpaired) electrons. The van der Waals surface area contributed by atoms with Crippen molar-refractivity contribution in [2.45, 2.75) is 56.1 Å². The topological polar surface area (TPSA) is 86.6 Å². The van der Waals surface area contributed by atoms with Crippen molar-refractivity contribution in [3.05, 3.63) is 47.7 Å². The number of anilines is 1. The van der Waals surface area contributed by atoms with Crippen molar-refractivity contribution in [1.82, 2.24) is 25.2 Å². The predicted octanol–water partition coefficient (Wildman–Crippen LogP) is 4.76. The van der Waals surface area contributed by atoms with E-state index in [1.807, 2.05) is 0 Å². The third-order valence-electron chi connectivity index (χ3n) is 10.00. The Bertz CT molecular complexity index is 1810. The molecule has 0 saturated carbocycles. The summed E-state index contributed by atoms with van der Waals surface area (Å²) in [6.07, 6.45) is 13.8. The third-order valence-corrected chi connectivity index (χ3v) is 10.00. The van der Waals surface area contributed by atoms with E-state index in [0.29, 0.717) is 34.6 Å². The van der Waals surface area contributed by atoms with Crippen LogP contribution in [0.2, 0.25) is 0 Å². The minimum absolute atomic E-state index is 0.0185. The number of nitrogens with zero attached hydrogens (tertiary/aromatic N) is 5. The Hall–Kier alpha value is -4.07. The predicted molar refractivity (Wildman–Crippen MR) is 160 cm³/mol. The van der Waals surface area contributed by atoms with Crippen molar-refractivity contribution in [2.75, 3.05) is 37.7 Å². The highest BCUT2D eigenvalue weighted by molar-refractivity contribution is 6.03. The molecule has 5 aliphatic heterocycles. The Morgan fingerprint density at radius 3 is 2.70 bits per heavy atom. The number of hydrogen-bond donors (Lipinski definition) is 2. The molecule has 2 unspecified atom stereocenters. The van der Waals surface area contributed by atoms with Crippen molar-refractivity contribution in [3.63, 3.8) is 0 Å². The van der Waals surface area contributed by atoms with Crippen LogP contribution in [0.1, 0.15) is 44.1 Å². The van der Waals surface area contributed by atoms with Gasteiger partial charge in [0.2, 0.25) is 0 Å². The number of phenols is 1. The highest BCUT2D eigenvalue weighted by Gasteiger charge is 2.45. The van der Waals surface area contributed by atoms with Crippen molar-refractivity contribution < 1.29 is 18.6 Å². The molecular weight excluding hydrogens is 550 g/mol. The van der Waals surface area contributed by atoms with E-state index in [2.05, 4.69) is 31.0 Å². The SMILES string of the molecule is C#Cc1c(F)ccc2cc(O)cc(-c3ncc4c(N5CC6CCC5CN6)nc(OCC56CCCN5CCC6)nc4c3F)c12. The molecule has 2 atom stereocenters. The van der Waals surface area contributed by atoms with Gasteiger partial charge in [-0.2, -0.15) is 9.97 Å². The molecule has 2 aromatic carbocycles. The molecule has 5 aliphatic rings. The highest BCUT2D eigenvalue weighted by atomic mass is 19.1. The Kier molecular flexibility index (Phi) is 6.17. The molecule has 2 N–H and O–H groups in total. The van der Waals surface area contributed by atoms with Crippen LogP contribution in [0.25, 0.3) is 32.9 Å². The number of ether oxygens (including phenoxy) is 1. The number of benzene rings is 2. The number of fused-ring (bicyclic) bond motifs is 6. The van der Waals surface area contributed by atoms with E-state index in [1.165, 1.54) is 24.3 Å². The van der Waals surface area contributed by atoms with Crippen LogP contribution in [0.15, 0.2) is 30.5 Å². The highest BCUT2D eigenvalue weighted by Crippen LogP contribution is 2.41. The zero-order valence-electron chi connectivity index (χ0n) is 23.7. The smallest absolute Gasteiger partial charge is 0.319 e. The summed E-state index contributed by atoms with van der Waals surface area (Å²) < 4.78 is 37.9. The first kappa shape index (κ1) is 26.5. The van der Waals surface area contributed by atoms with E-state index in [4.69, 9.17) is 16.1 Å². The average molecular weight is 583 g/mol. The zero-order chi connectivity index (χ0) is 29.3. The fourth-order valence-corrected chi connectivity index (χ4v) is 7.87. The van der Waals surface area contributed by atoms with Crippen molar-refractivity contribution in [1.29, 1.82) is 0 Å². The van der Waals surface area contributed by atoms with Gasteiger partial charge in [-0.3, -0.25) is 9.88 Å². The van der Waals surface area contributed by atoms with Gasteiger partial charge in [-0.1, -0.05) is 12.0 Å². The van der Waals surface area contributed by atoms with E-state index < -0.39 is 11.6 Å². The lowest BCUT2D eigenvalue weighted by atomic mass is 9.92. The summed E-state index contributed by atoms with van der Waals surface area (Å²) in [7, 11) is 0. The molecule has 2 bridgehead atoms. The van der Waals surface area contributed by atoms with Crippen LogP contribution < -0.4 is 15.0 Å². The van der Waals surface area contributed by atoms with Gasteiger partial charge in [0.15, 0.2) is 5.82 Å². The van der Waals surface area contributed by atoms with Gasteiger partial charge >= 0.3 is 6.01 Å². The lowest BCUT2D eigenvalue weighted by Crippen LogP contribution is -2.61. The first-order valence-electron chi connectivity index (χ1n) is 15.1. The molecule has 5 saturated heterocycles. The number of piperidine rings is 2. The summed E-state index contributed by atoms with van der Waals surface area (Å²) >= 11 is 0. The number of halogens is 2. The van der Waals surface area contributed by atoms with E-state index in [1.54, 1.807) is 6.20 Å². The molecule has 4 aromatic rings. The third kappa shape index (κ3) is 4.20. The number of phenolic OH excluding ortho intramolecular Hbond substituents is 1. The first-order chi connectivity index (χ1) is 20.9. The fourth-order valence-electron chi connectivity index (χ4n) is 7.87. The van der Waals surface area contributed by atoms with E-state index in [0.717, 1.165) is 64.7 Å². The lowest BCUT2D eigenvalue weighted by molar-refractivity contribution is 0.107. The van der Waals surface area contributed by atoms with Gasteiger partial charge in [0.25, 0.3) is 0 Å². The molecule has 0 amide bonds. The van der Waals surface area contributed by atoms with Gasteiger partial charge < -0.3 is 20.1 Å². The summed E-state index contributed by atoms with van der Waals surface area (Å²) in [5, 5.41) is 15.3. The monoisotopic (exact) mass is 582 g/mol. The molecule has 5 fully saturated rings. The molecule has 7 heterocycles. The number of aromatic hydroxyl groups is 1. The van der Waals surface area contributed by atoms with Gasteiger partial charge in [-0.05, 0) is 75.2 Å². The van der Waals surface area contributed by atoms with Crippen LogP contribution in [0.5, 0.6) is 11.8 Å². The Morgan fingerprint density at radius 1 is 1.14 bits per heavy atom. The van der Waals surface area contributed by atoms with Crippen molar-refractivity contribution in [3.8, 4) is 35.4 Å². The summed E-state index contributed by atoms with van der Waals surface area (Å²) in [6, 6.07) is 6.27. The molecule has 10 heteroatoms. The Balaban J connectivity index is 1.29. The van der Waals surface area contributed by atoms with E-state index in [-0.39, 0.29) is 45.7 Å². The standard InChI is InChI=1S/C33H32F2N6O2/c1-2-23-26(34)8-5-19-13-22(42)14-24(27(19)23)29-28(35)30-25(16-37-29)31(41-17-20-6-7-21(41)15-36-20)39-32(38-30)43-18-33-9-3-11-40(33)12-4-10-33/h1,5,8,13-14,16,20-21,36,42H,3-4,6-7,9-12,15,17-18H2. The molecule has 0 aliphatic carbocycles. The van der Waals surface area contributed by atoms with Crippen LogP contribution in [0.4, 0.5) is 14.6 Å². The number of nitrogens with one attached hydrogen (secondary N) is 1. The zero-order valence-corrected chi connectivity index (χ0v) is 23.7. The normalized spacial score (nSPS) is 22.8. The number of piperazine rings is 1. The van der Waals surface area contributed by atoms with Crippen molar-refractivity contribution in [2.24, 2.45) is 0 Å². The largest absolute Gasteiger partial charge is 0.508 e. The maximum atomic E-state index is 16.7. The van der Waals surface area contributed by atoms with Gasteiger partial charge in [0, 0.05) is 42.3 Å². The lowest BCUT2D eigenvalue weighted by Gasteiger charge is -2.46. The second-order valence-corrected chi connectivity index (χ2v) is 12.4. The van der Waals surface area contributed by atoms with Crippen LogP contribution in [-0.2, 0) is 0 Å². The van der Waals surface area contributed by atoms with Gasteiger partial charge in [-0.15, -0.1) is 6.42 Å². The molecule has 9 rings (SSSR count). The van der Waals surface area contributed by atoms with E-state index >= 15 is 4.39 Å². The minimum Gasteiger partial charge on any atom is -0.508 e.